The molecule has 1 saturated heterocycles. The molecular weight excluding hydrogens is 274 g/mol. The minimum Gasteiger partial charge on any atom is -0.508 e. The molecule has 19 heavy (non-hydrogen) atoms. The minimum atomic E-state index is -1.13. The summed E-state index contributed by atoms with van der Waals surface area (Å²) in [6, 6.07) is 2.92. The average molecular weight is 286 g/mol. The number of phenols is 1. The van der Waals surface area contributed by atoms with Crippen molar-refractivity contribution in [3.8, 4) is 5.75 Å². The van der Waals surface area contributed by atoms with Crippen molar-refractivity contribution in [3.05, 3.63) is 28.8 Å². The maximum absolute atomic E-state index is 12.3. The monoisotopic (exact) mass is 285 g/mol. The molecule has 0 saturated carbocycles. The van der Waals surface area contributed by atoms with Gasteiger partial charge in [0.05, 0.1) is 23.8 Å². The maximum Gasteiger partial charge on any atom is 0.328 e. The number of benzene rings is 1. The van der Waals surface area contributed by atoms with Gasteiger partial charge in [0.25, 0.3) is 5.91 Å². The fourth-order valence-corrected chi connectivity index (χ4v) is 2.08. The summed E-state index contributed by atoms with van der Waals surface area (Å²) >= 11 is 5.90. The van der Waals surface area contributed by atoms with Gasteiger partial charge in [-0.15, -0.1) is 0 Å². The van der Waals surface area contributed by atoms with E-state index in [1.165, 1.54) is 23.1 Å². The van der Waals surface area contributed by atoms with E-state index in [2.05, 4.69) is 0 Å². The molecule has 1 unspecified atom stereocenters. The highest BCUT2D eigenvalue weighted by atomic mass is 35.5. The molecule has 0 aromatic heterocycles. The minimum absolute atomic E-state index is 0.0580. The molecule has 7 heteroatoms. The summed E-state index contributed by atoms with van der Waals surface area (Å²) in [6.45, 7) is 0.380. The molecular formula is C12H12ClNO5. The van der Waals surface area contributed by atoms with Crippen molar-refractivity contribution in [1.82, 2.24) is 4.90 Å². The van der Waals surface area contributed by atoms with Gasteiger partial charge in [0.1, 0.15) is 5.75 Å². The van der Waals surface area contributed by atoms with Gasteiger partial charge in [-0.05, 0) is 18.2 Å². The Kier molecular flexibility index (Phi) is 3.92. The summed E-state index contributed by atoms with van der Waals surface area (Å²) < 4.78 is 5.06. The van der Waals surface area contributed by atoms with E-state index in [1.807, 2.05) is 0 Å². The smallest absolute Gasteiger partial charge is 0.328 e. The summed E-state index contributed by atoms with van der Waals surface area (Å²) in [4.78, 5) is 24.6. The van der Waals surface area contributed by atoms with Crippen LogP contribution in [0, 0.1) is 0 Å². The molecule has 102 valence electrons. The Balaban J connectivity index is 2.31. The van der Waals surface area contributed by atoms with E-state index in [4.69, 9.17) is 21.4 Å². The van der Waals surface area contributed by atoms with Crippen LogP contribution in [0.5, 0.6) is 5.75 Å². The Morgan fingerprint density at radius 2 is 2.16 bits per heavy atom. The van der Waals surface area contributed by atoms with Crippen LogP contribution >= 0.6 is 11.6 Å². The molecule has 1 aliphatic rings. The van der Waals surface area contributed by atoms with Crippen molar-refractivity contribution >= 4 is 23.5 Å². The van der Waals surface area contributed by atoms with Gasteiger partial charge in [0, 0.05) is 6.54 Å². The topological polar surface area (TPSA) is 87.1 Å². The lowest BCUT2D eigenvalue weighted by molar-refractivity contribution is -0.147. The second kappa shape index (κ2) is 5.46. The molecule has 1 aromatic rings. The lowest BCUT2D eigenvalue weighted by Crippen LogP contribution is -2.52. The first-order valence-corrected chi connectivity index (χ1v) is 5.98. The van der Waals surface area contributed by atoms with Gasteiger partial charge in [-0.1, -0.05) is 11.6 Å². The number of hydrogen-bond acceptors (Lipinski definition) is 4. The number of carboxylic acids is 1. The number of carbonyl (C=O) groups excluding carboxylic acids is 1. The van der Waals surface area contributed by atoms with Crippen LogP contribution in [0.15, 0.2) is 18.2 Å². The summed E-state index contributed by atoms with van der Waals surface area (Å²) in [5.74, 6) is -1.77. The van der Waals surface area contributed by atoms with Gasteiger partial charge in [-0.25, -0.2) is 4.79 Å². The van der Waals surface area contributed by atoms with Gasteiger partial charge >= 0.3 is 5.97 Å². The summed E-state index contributed by atoms with van der Waals surface area (Å²) in [6.07, 6.45) is 0. The Bertz CT molecular complexity index is 519. The maximum atomic E-state index is 12.3. The van der Waals surface area contributed by atoms with E-state index in [-0.39, 0.29) is 36.1 Å². The number of phenolic OH excluding ortho intramolecular Hbond substituents is 1. The second-order valence-corrected chi connectivity index (χ2v) is 4.50. The second-order valence-electron chi connectivity index (χ2n) is 4.09. The molecule has 0 bridgehead atoms. The first-order valence-electron chi connectivity index (χ1n) is 5.60. The first-order chi connectivity index (χ1) is 9.00. The van der Waals surface area contributed by atoms with Crippen molar-refractivity contribution in [2.24, 2.45) is 0 Å². The number of hydrogen-bond donors (Lipinski definition) is 2. The highest BCUT2D eigenvalue weighted by Gasteiger charge is 2.34. The number of morpholine rings is 1. The third-order valence-electron chi connectivity index (χ3n) is 2.85. The molecule has 1 heterocycles. The number of carboxylic acid groups (broad SMARTS) is 1. The Morgan fingerprint density at radius 3 is 2.84 bits per heavy atom. The molecule has 6 nitrogen and oxygen atoms in total. The molecule has 2 N–H and O–H groups in total. The normalized spacial score (nSPS) is 19.2. The average Bonchev–Trinajstić information content (AvgIpc) is 2.40. The van der Waals surface area contributed by atoms with Crippen molar-refractivity contribution in [1.29, 1.82) is 0 Å². The Hall–Kier alpha value is -1.79. The molecule has 2 rings (SSSR count). The highest BCUT2D eigenvalue weighted by molar-refractivity contribution is 6.33. The molecule has 1 amide bonds. The Morgan fingerprint density at radius 1 is 1.42 bits per heavy atom. The third kappa shape index (κ3) is 2.80. The van der Waals surface area contributed by atoms with Crippen molar-refractivity contribution in [2.75, 3.05) is 19.8 Å². The quantitative estimate of drug-likeness (QED) is 0.845. The van der Waals surface area contributed by atoms with E-state index >= 15 is 0 Å². The molecule has 0 radical (unpaired) electrons. The molecule has 1 aromatic carbocycles. The van der Waals surface area contributed by atoms with Crippen LogP contribution in [0.3, 0.4) is 0 Å². The van der Waals surface area contributed by atoms with Crippen LogP contribution in [0.4, 0.5) is 0 Å². The predicted molar refractivity (Wildman–Crippen MR) is 66.4 cm³/mol. The summed E-state index contributed by atoms with van der Waals surface area (Å²) in [5, 5.41) is 18.6. The van der Waals surface area contributed by atoms with Crippen LogP contribution in [-0.4, -0.2) is 52.8 Å². The lowest BCUT2D eigenvalue weighted by Gasteiger charge is -2.33. The van der Waals surface area contributed by atoms with E-state index in [0.717, 1.165) is 0 Å². The van der Waals surface area contributed by atoms with Crippen LogP contribution in [0.2, 0.25) is 5.02 Å². The largest absolute Gasteiger partial charge is 0.508 e. The molecule has 1 fully saturated rings. The number of amides is 1. The molecule has 0 aliphatic carbocycles. The number of halogens is 1. The van der Waals surface area contributed by atoms with Crippen LogP contribution < -0.4 is 0 Å². The van der Waals surface area contributed by atoms with Gasteiger partial charge in [-0.2, -0.15) is 0 Å². The van der Waals surface area contributed by atoms with Crippen molar-refractivity contribution in [3.63, 3.8) is 0 Å². The zero-order valence-corrected chi connectivity index (χ0v) is 10.6. The zero-order valence-electron chi connectivity index (χ0n) is 9.88. The van der Waals surface area contributed by atoms with Crippen LogP contribution in [-0.2, 0) is 9.53 Å². The number of rotatable bonds is 2. The van der Waals surface area contributed by atoms with E-state index < -0.39 is 17.9 Å². The van der Waals surface area contributed by atoms with E-state index in [9.17, 15) is 14.7 Å². The van der Waals surface area contributed by atoms with Gasteiger partial charge in [0.15, 0.2) is 6.04 Å². The van der Waals surface area contributed by atoms with Gasteiger partial charge in [-0.3, -0.25) is 4.79 Å². The first kappa shape index (κ1) is 13.6. The third-order valence-corrected chi connectivity index (χ3v) is 3.18. The zero-order chi connectivity index (χ0) is 14.0. The fourth-order valence-electron chi connectivity index (χ4n) is 1.88. The molecule has 1 atom stereocenters. The number of aliphatic carboxylic acids is 1. The SMILES string of the molecule is O=C(O)C1COCCN1C(=O)c1cc(O)ccc1Cl. The number of aromatic hydroxyl groups is 1. The summed E-state index contributed by atoms with van der Waals surface area (Å²) in [5.41, 5.74) is 0.0785. The summed E-state index contributed by atoms with van der Waals surface area (Å²) in [7, 11) is 0. The lowest BCUT2D eigenvalue weighted by atomic mass is 10.1. The Labute approximate surface area is 114 Å². The van der Waals surface area contributed by atoms with Crippen molar-refractivity contribution in [2.45, 2.75) is 6.04 Å². The van der Waals surface area contributed by atoms with Crippen molar-refractivity contribution < 1.29 is 24.5 Å². The molecule has 1 aliphatic heterocycles. The number of nitrogens with zero attached hydrogens (tertiary/aromatic N) is 1. The number of ether oxygens (including phenoxy) is 1. The number of carbonyl (C=O) groups is 2. The standard InChI is InChI=1S/C12H12ClNO5/c13-9-2-1-7(15)5-8(9)11(16)14-3-4-19-6-10(14)12(17)18/h1-2,5,10,15H,3-4,6H2,(H,17,18). The fraction of sp³-hybridized carbons (Fsp3) is 0.333. The van der Waals surface area contributed by atoms with Crippen LogP contribution in [0.25, 0.3) is 0 Å². The van der Waals surface area contributed by atoms with Gasteiger partial charge in [0.2, 0.25) is 0 Å². The molecule has 0 spiro atoms. The predicted octanol–water partition coefficient (Wildman–Crippen LogP) is 0.971. The van der Waals surface area contributed by atoms with E-state index in [0.29, 0.717) is 0 Å². The highest BCUT2D eigenvalue weighted by Crippen LogP contribution is 2.24. The van der Waals surface area contributed by atoms with Crippen LogP contribution in [0.1, 0.15) is 10.4 Å². The van der Waals surface area contributed by atoms with Gasteiger partial charge < -0.3 is 19.8 Å². The van der Waals surface area contributed by atoms with E-state index in [1.54, 1.807) is 0 Å².